The molecule has 118 valence electrons. The first-order chi connectivity index (χ1) is 9.79. The largest absolute Gasteiger partial charge is 0.399 e. The van der Waals surface area contributed by atoms with E-state index in [2.05, 4.69) is 18.7 Å². The quantitative estimate of drug-likeness (QED) is 0.857. The predicted molar refractivity (Wildman–Crippen MR) is 85.6 cm³/mol. The SMILES string of the molecule is Cc1cc(N)cc(S(=O)(=O)N2CCN(CC(C)C)CC2)c1. The van der Waals surface area contributed by atoms with Crippen LogP contribution in [0.2, 0.25) is 0 Å². The van der Waals surface area contributed by atoms with E-state index in [0.29, 0.717) is 29.6 Å². The second kappa shape index (κ2) is 6.34. The molecule has 1 aromatic carbocycles. The van der Waals surface area contributed by atoms with E-state index >= 15 is 0 Å². The van der Waals surface area contributed by atoms with Gasteiger partial charge in [-0.15, -0.1) is 0 Å². The fourth-order valence-electron chi connectivity index (χ4n) is 2.74. The molecule has 5 nitrogen and oxygen atoms in total. The van der Waals surface area contributed by atoms with Gasteiger partial charge in [-0.05, 0) is 36.6 Å². The Bertz CT molecular complexity index is 571. The third-order valence-corrected chi connectivity index (χ3v) is 5.54. The number of hydrogen-bond donors (Lipinski definition) is 1. The lowest BCUT2D eigenvalue weighted by molar-refractivity contribution is 0.172. The highest BCUT2D eigenvalue weighted by molar-refractivity contribution is 7.89. The maximum absolute atomic E-state index is 12.7. The first-order valence-electron chi connectivity index (χ1n) is 7.38. The Kier molecular flexibility index (Phi) is 4.91. The summed E-state index contributed by atoms with van der Waals surface area (Å²) in [6, 6.07) is 5.01. The van der Waals surface area contributed by atoms with Crippen molar-refractivity contribution < 1.29 is 8.42 Å². The van der Waals surface area contributed by atoms with Gasteiger partial charge in [0, 0.05) is 38.4 Å². The number of sulfonamides is 1. The Labute approximate surface area is 127 Å². The Morgan fingerprint density at radius 1 is 1.14 bits per heavy atom. The first kappa shape index (κ1) is 16.3. The molecule has 0 radical (unpaired) electrons. The van der Waals surface area contributed by atoms with Crippen LogP contribution < -0.4 is 5.73 Å². The Morgan fingerprint density at radius 2 is 1.76 bits per heavy atom. The highest BCUT2D eigenvalue weighted by Gasteiger charge is 2.28. The van der Waals surface area contributed by atoms with Crippen LogP contribution in [0.25, 0.3) is 0 Å². The average Bonchev–Trinajstić information content (AvgIpc) is 2.37. The van der Waals surface area contributed by atoms with E-state index in [9.17, 15) is 8.42 Å². The van der Waals surface area contributed by atoms with E-state index in [1.54, 1.807) is 22.5 Å². The predicted octanol–water partition coefficient (Wildman–Crippen LogP) is 1.54. The van der Waals surface area contributed by atoms with Gasteiger partial charge in [0.25, 0.3) is 0 Å². The van der Waals surface area contributed by atoms with Crippen molar-refractivity contribution in [3.8, 4) is 0 Å². The van der Waals surface area contributed by atoms with E-state index in [1.165, 1.54) is 0 Å². The number of rotatable bonds is 4. The highest BCUT2D eigenvalue weighted by atomic mass is 32.2. The number of aryl methyl sites for hydroxylation is 1. The molecule has 1 saturated heterocycles. The summed E-state index contributed by atoms with van der Waals surface area (Å²) in [6.07, 6.45) is 0. The lowest BCUT2D eigenvalue weighted by Crippen LogP contribution is -2.49. The molecule has 0 atom stereocenters. The van der Waals surface area contributed by atoms with E-state index in [0.717, 1.165) is 25.2 Å². The summed E-state index contributed by atoms with van der Waals surface area (Å²) in [5, 5.41) is 0. The average molecular weight is 311 g/mol. The number of benzene rings is 1. The molecule has 21 heavy (non-hydrogen) atoms. The van der Waals surface area contributed by atoms with Gasteiger partial charge < -0.3 is 10.6 Å². The number of anilines is 1. The van der Waals surface area contributed by atoms with Gasteiger partial charge in [0.1, 0.15) is 0 Å². The van der Waals surface area contributed by atoms with Gasteiger partial charge in [-0.1, -0.05) is 13.8 Å². The van der Waals surface area contributed by atoms with E-state index < -0.39 is 10.0 Å². The van der Waals surface area contributed by atoms with E-state index in [4.69, 9.17) is 5.73 Å². The molecule has 0 spiro atoms. The van der Waals surface area contributed by atoms with Crippen molar-refractivity contribution in [3.05, 3.63) is 23.8 Å². The first-order valence-corrected chi connectivity index (χ1v) is 8.82. The fraction of sp³-hybridized carbons (Fsp3) is 0.600. The van der Waals surface area contributed by atoms with Crippen molar-refractivity contribution >= 4 is 15.7 Å². The van der Waals surface area contributed by atoms with Crippen molar-refractivity contribution in [2.45, 2.75) is 25.7 Å². The number of piperazine rings is 1. The Morgan fingerprint density at radius 3 is 2.29 bits per heavy atom. The van der Waals surface area contributed by atoms with Crippen LogP contribution in [0, 0.1) is 12.8 Å². The zero-order valence-corrected chi connectivity index (χ0v) is 13.9. The minimum atomic E-state index is -3.43. The molecule has 0 amide bonds. The number of nitrogens with two attached hydrogens (primary N) is 1. The zero-order chi connectivity index (χ0) is 15.6. The number of nitrogens with zero attached hydrogens (tertiary/aromatic N) is 2. The van der Waals surface area contributed by atoms with Gasteiger partial charge in [0.15, 0.2) is 0 Å². The lowest BCUT2D eigenvalue weighted by Gasteiger charge is -2.34. The second-order valence-corrected chi connectivity index (χ2v) is 8.12. The molecule has 1 fully saturated rings. The monoisotopic (exact) mass is 311 g/mol. The summed E-state index contributed by atoms with van der Waals surface area (Å²) in [5.41, 5.74) is 7.13. The third kappa shape index (κ3) is 3.96. The molecule has 2 rings (SSSR count). The molecule has 0 saturated carbocycles. The van der Waals surface area contributed by atoms with E-state index in [1.807, 2.05) is 6.92 Å². The second-order valence-electron chi connectivity index (χ2n) is 6.18. The lowest BCUT2D eigenvalue weighted by atomic mass is 10.2. The van der Waals surface area contributed by atoms with Gasteiger partial charge in [-0.3, -0.25) is 0 Å². The van der Waals surface area contributed by atoms with Crippen molar-refractivity contribution in [2.24, 2.45) is 5.92 Å². The Hall–Kier alpha value is -1.11. The molecule has 0 aliphatic carbocycles. The molecule has 1 aliphatic rings. The molecule has 0 bridgehead atoms. The molecule has 1 heterocycles. The van der Waals surface area contributed by atoms with Crippen molar-refractivity contribution in [2.75, 3.05) is 38.5 Å². The maximum Gasteiger partial charge on any atom is 0.243 e. The highest BCUT2D eigenvalue weighted by Crippen LogP contribution is 2.21. The third-order valence-electron chi connectivity index (χ3n) is 3.67. The Balaban J connectivity index is 2.11. The van der Waals surface area contributed by atoms with Gasteiger partial charge in [0.2, 0.25) is 10.0 Å². The van der Waals surface area contributed by atoms with Gasteiger partial charge in [0.05, 0.1) is 4.90 Å². The van der Waals surface area contributed by atoms with Crippen LogP contribution >= 0.6 is 0 Å². The summed E-state index contributed by atoms with van der Waals surface area (Å²) >= 11 is 0. The standard InChI is InChI=1S/C15H25N3O2S/c1-12(2)11-17-4-6-18(7-5-17)21(19,20)15-9-13(3)8-14(16)10-15/h8-10,12H,4-7,11,16H2,1-3H3. The number of hydrogen-bond acceptors (Lipinski definition) is 4. The maximum atomic E-state index is 12.7. The van der Waals surface area contributed by atoms with Crippen LogP contribution in [0.3, 0.4) is 0 Å². The van der Waals surface area contributed by atoms with Gasteiger partial charge in [-0.25, -0.2) is 8.42 Å². The normalized spacial score (nSPS) is 18.3. The van der Waals surface area contributed by atoms with E-state index in [-0.39, 0.29) is 0 Å². The molecule has 0 aromatic heterocycles. The summed E-state index contributed by atoms with van der Waals surface area (Å²) in [5.74, 6) is 0.602. The molecule has 6 heteroatoms. The molecule has 2 N–H and O–H groups in total. The molecular weight excluding hydrogens is 286 g/mol. The smallest absolute Gasteiger partial charge is 0.243 e. The van der Waals surface area contributed by atoms with Crippen molar-refractivity contribution in [1.29, 1.82) is 0 Å². The minimum Gasteiger partial charge on any atom is -0.399 e. The molecule has 0 unspecified atom stereocenters. The van der Waals surface area contributed by atoms with Crippen LogP contribution in [-0.4, -0.2) is 50.3 Å². The zero-order valence-electron chi connectivity index (χ0n) is 13.0. The van der Waals surface area contributed by atoms with Crippen LogP contribution in [0.15, 0.2) is 23.1 Å². The number of nitrogen functional groups attached to an aromatic ring is 1. The molecule has 1 aliphatic heterocycles. The van der Waals surface area contributed by atoms with Crippen LogP contribution in [0.1, 0.15) is 19.4 Å². The van der Waals surface area contributed by atoms with Crippen molar-refractivity contribution in [1.82, 2.24) is 9.21 Å². The summed E-state index contributed by atoms with van der Waals surface area (Å²) < 4.78 is 26.9. The fourth-order valence-corrected chi connectivity index (χ4v) is 4.31. The summed E-state index contributed by atoms with van der Waals surface area (Å²) in [6.45, 7) is 9.90. The summed E-state index contributed by atoms with van der Waals surface area (Å²) in [4.78, 5) is 2.62. The minimum absolute atomic E-state index is 0.303. The van der Waals surface area contributed by atoms with Gasteiger partial charge >= 0.3 is 0 Å². The van der Waals surface area contributed by atoms with Gasteiger partial charge in [-0.2, -0.15) is 4.31 Å². The summed E-state index contributed by atoms with van der Waals surface area (Å²) in [7, 11) is -3.43. The molecular formula is C15H25N3O2S. The van der Waals surface area contributed by atoms with Crippen LogP contribution in [0.4, 0.5) is 5.69 Å². The van der Waals surface area contributed by atoms with Crippen LogP contribution in [-0.2, 0) is 10.0 Å². The molecule has 1 aromatic rings. The topological polar surface area (TPSA) is 66.6 Å². The van der Waals surface area contributed by atoms with Crippen LogP contribution in [0.5, 0.6) is 0 Å². The van der Waals surface area contributed by atoms with Crippen molar-refractivity contribution in [3.63, 3.8) is 0 Å².